The van der Waals surface area contributed by atoms with E-state index in [0.29, 0.717) is 19.4 Å². The van der Waals surface area contributed by atoms with Crippen LogP contribution in [0.5, 0.6) is 0 Å². The van der Waals surface area contributed by atoms with Crippen LogP contribution in [0.1, 0.15) is 97.8 Å². The molecule has 0 bridgehead atoms. The van der Waals surface area contributed by atoms with Crippen LogP contribution in [0.15, 0.2) is 0 Å². The average Bonchev–Trinajstić information content (AvgIpc) is 2.60. The van der Waals surface area contributed by atoms with Gasteiger partial charge in [0.15, 0.2) is 14.0 Å². The van der Waals surface area contributed by atoms with Crippen LogP contribution in [0.3, 0.4) is 0 Å². The normalized spacial score (nSPS) is 13.7. The summed E-state index contributed by atoms with van der Waals surface area (Å²) in [5.41, 5.74) is 0. The van der Waals surface area contributed by atoms with Gasteiger partial charge in [-0.05, 0) is 17.4 Å². The second-order valence-electron chi connectivity index (χ2n) is 6.97. The predicted octanol–water partition coefficient (Wildman–Crippen LogP) is 8.03. The Morgan fingerprint density at radius 1 is 0.731 bits per heavy atom. The van der Waals surface area contributed by atoms with Gasteiger partial charge in [-0.2, -0.15) is 0 Å². The Balaban J connectivity index is 0. The Bertz CT molecular complexity index is 349. The van der Waals surface area contributed by atoms with Gasteiger partial charge in [-0.1, -0.05) is 85.0 Å². The molecule has 0 aromatic rings. The van der Waals surface area contributed by atoms with Crippen molar-refractivity contribution >= 4 is 15.4 Å². The molecule has 0 saturated heterocycles. The summed E-state index contributed by atoms with van der Waals surface area (Å²) in [7, 11) is -3.61. The highest BCUT2D eigenvalue weighted by Crippen LogP contribution is 2.41. The van der Waals surface area contributed by atoms with E-state index in [1.54, 1.807) is 13.3 Å². The highest BCUT2D eigenvalue weighted by atomic mass is 31.2. The number of hydrogen-bond acceptors (Lipinski definition) is 4. The summed E-state index contributed by atoms with van der Waals surface area (Å²) < 4.78 is 32.3. The molecule has 6 heteroatoms. The van der Waals surface area contributed by atoms with Crippen LogP contribution < -0.4 is 0 Å². The fourth-order valence-corrected chi connectivity index (χ4v) is 3.39. The fourth-order valence-electron chi connectivity index (χ4n) is 2.31. The van der Waals surface area contributed by atoms with E-state index in [0.717, 1.165) is 12.8 Å². The van der Waals surface area contributed by atoms with Gasteiger partial charge in [-0.15, -0.1) is 4.52 Å². The van der Waals surface area contributed by atoms with Crippen molar-refractivity contribution < 1.29 is 18.2 Å². The summed E-state index contributed by atoms with van der Waals surface area (Å²) in [6, 6.07) is 0. The van der Waals surface area contributed by atoms with E-state index in [9.17, 15) is 9.13 Å². The van der Waals surface area contributed by atoms with Crippen molar-refractivity contribution in [2.24, 2.45) is 0 Å². The highest BCUT2D eigenvalue weighted by Gasteiger charge is 2.11. The van der Waals surface area contributed by atoms with E-state index in [1.165, 1.54) is 64.2 Å². The molecule has 0 N–H and O–H groups in total. The molecule has 2 unspecified atom stereocenters. The van der Waals surface area contributed by atoms with Crippen molar-refractivity contribution in [3.05, 3.63) is 0 Å². The maximum Gasteiger partial charge on any atom is 0.504 e. The van der Waals surface area contributed by atoms with E-state index < -0.39 is 15.4 Å². The van der Waals surface area contributed by atoms with Crippen molar-refractivity contribution in [2.75, 3.05) is 32.7 Å². The zero-order valence-electron chi connectivity index (χ0n) is 18.1. The molecule has 4 nitrogen and oxygen atoms in total. The van der Waals surface area contributed by atoms with Crippen molar-refractivity contribution in [3.8, 4) is 0 Å². The summed E-state index contributed by atoms with van der Waals surface area (Å²) in [6.07, 6.45) is 15.7. The molecule has 0 aromatic heterocycles. The molecule has 158 valence electrons. The SMILES string of the molecule is CCCCCCCCOP(C)(=O)CC.CCCCCCCCO[P+](C)=O. The molecular formula is C20H45O4P2+. The molecule has 0 aliphatic carbocycles. The summed E-state index contributed by atoms with van der Waals surface area (Å²) in [5.74, 6) is 0. The lowest BCUT2D eigenvalue weighted by molar-refractivity contribution is 0.305. The summed E-state index contributed by atoms with van der Waals surface area (Å²) in [4.78, 5) is 0. The van der Waals surface area contributed by atoms with E-state index >= 15 is 0 Å². The first-order chi connectivity index (χ1) is 12.4. The van der Waals surface area contributed by atoms with Crippen molar-refractivity contribution in [1.29, 1.82) is 0 Å². The topological polar surface area (TPSA) is 52.6 Å². The minimum absolute atomic E-state index is 0.656. The second kappa shape index (κ2) is 21.5. The minimum Gasteiger partial charge on any atom is -0.329 e. The van der Waals surface area contributed by atoms with Crippen LogP contribution in [0.25, 0.3) is 0 Å². The Morgan fingerprint density at radius 3 is 1.58 bits per heavy atom. The first kappa shape index (κ1) is 28.5. The van der Waals surface area contributed by atoms with Crippen LogP contribution in [0.4, 0.5) is 0 Å². The van der Waals surface area contributed by atoms with E-state index in [4.69, 9.17) is 9.05 Å². The van der Waals surface area contributed by atoms with Gasteiger partial charge in [0.2, 0.25) is 0 Å². The molecule has 0 fully saturated rings. The fraction of sp³-hybridized carbons (Fsp3) is 1.00. The Kier molecular flexibility index (Phi) is 23.6. The van der Waals surface area contributed by atoms with Gasteiger partial charge in [0.25, 0.3) is 0 Å². The molecule has 2 atom stereocenters. The zero-order valence-corrected chi connectivity index (χ0v) is 19.9. The molecule has 0 saturated carbocycles. The van der Waals surface area contributed by atoms with Gasteiger partial charge in [0.05, 0.1) is 6.61 Å². The number of unbranched alkanes of at least 4 members (excludes halogenated alkanes) is 10. The predicted molar refractivity (Wildman–Crippen MR) is 116 cm³/mol. The molecule has 0 amide bonds. The minimum atomic E-state index is -2.23. The molecule has 0 rings (SSSR count). The molecule has 0 aliphatic rings. The Hall–Kier alpha value is 0.250. The molecule has 0 aromatic carbocycles. The third kappa shape index (κ3) is 26.5. The lowest BCUT2D eigenvalue weighted by Crippen LogP contribution is -1.94. The molecule has 26 heavy (non-hydrogen) atoms. The number of rotatable bonds is 17. The van der Waals surface area contributed by atoms with Crippen molar-refractivity contribution in [3.63, 3.8) is 0 Å². The van der Waals surface area contributed by atoms with E-state index in [-0.39, 0.29) is 0 Å². The lowest BCUT2D eigenvalue weighted by atomic mass is 10.1. The summed E-state index contributed by atoms with van der Waals surface area (Å²) in [5, 5.41) is 0. The average molecular weight is 412 g/mol. The maximum atomic E-state index is 11.5. The van der Waals surface area contributed by atoms with E-state index in [1.807, 2.05) is 6.92 Å². The maximum absolute atomic E-state index is 11.5. The molecular weight excluding hydrogens is 366 g/mol. The number of hydrogen-bond donors (Lipinski definition) is 0. The van der Waals surface area contributed by atoms with Gasteiger partial charge in [-0.3, -0.25) is 4.57 Å². The second-order valence-corrected chi connectivity index (χ2v) is 11.0. The third-order valence-electron chi connectivity index (χ3n) is 4.21. The van der Waals surface area contributed by atoms with Gasteiger partial charge in [0.1, 0.15) is 6.61 Å². The van der Waals surface area contributed by atoms with Crippen LogP contribution in [0.2, 0.25) is 0 Å². The van der Waals surface area contributed by atoms with Gasteiger partial charge >= 0.3 is 8.03 Å². The first-order valence-electron chi connectivity index (χ1n) is 10.6. The third-order valence-corrected chi connectivity index (χ3v) is 6.63. The smallest absolute Gasteiger partial charge is 0.329 e. The lowest BCUT2D eigenvalue weighted by Gasteiger charge is -2.10. The van der Waals surface area contributed by atoms with Crippen molar-refractivity contribution in [2.45, 2.75) is 97.8 Å². The van der Waals surface area contributed by atoms with E-state index in [2.05, 4.69) is 13.8 Å². The standard InChI is InChI=1S/C11H25O2P.C9H20O2P/c1-4-6-7-8-9-10-11-13-14(3,12)5-2;1-3-4-5-6-7-8-9-11-12(2)10/h4-11H2,1-3H3;3-9H2,1-2H3/q;+1. The van der Waals surface area contributed by atoms with Gasteiger partial charge in [-0.25, -0.2) is 0 Å². The van der Waals surface area contributed by atoms with Crippen LogP contribution in [0, 0.1) is 0 Å². The molecule has 0 spiro atoms. The summed E-state index contributed by atoms with van der Waals surface area (Å²) in [6.45, 7) is 11.0. The van der Waals surface area contributed by atoms with Gasteiger partial charge in [0, 0.05) is 12.8 Å². The van der Waals surface area contributed by atoms with Crippen LogP contribution in [-0.4, -0.2) is 32.7 Å². The Morgan fingerprint density at radius 2 is 1.15 bits per heavy atom. The molecule has 0 heterocycles. The molecule has 0 radical (unpaired) electrons. The first-order valence-corrected chi connectivity index (χ1v) is 14.5. The Labute approximate surface area is 164 Å². The largest absolute Gasteiger partial charge is 0.504 e. The monoisotopic (exact) mass is 411 g/mol. The van der Waals surface area contributed by atoms with Crippen LogP contribution >= 0.6 is 15.4 Å². The van der Waals surface area contributed by atoms with Crippen LogP contribution in [-0.2, 0) is 18.2 Å². The molecule has 0 aliphatic heterocycles. The summed E-state index contributed by atoms with van der Waals surface area (Å²) >= 11 is 0. The quantitative estimate of drug-likeness (QED) is 0.180. The van der Waals surface area contributed by atoms with Gasteiger partial charge < -0.3 is 4.52 Å². The zero-order chi connectivity index (χ0) is 20.1. The van der Waals surface area contributed by atoms with Crippen molar-refractivity contribution in [1.82, 2.24) is 0 Å². The highest BCUT2D eigenvalue weighted by molar-refractivity contribution is 7.58.